The van der Waals surface area contributed by atoms with Crippen molar-refractivity contribution in [1.82, 2.24) is 5.43 Å². The van der Waals surface area contributed by atoms with Crippen molar-refractivity contribution in [3.63, 3.8) is 0 Å². The van der Waals surface area contributed by atoms with Crippen LogP contribution in [-0.2, 0) is 0 Å². The van der Waals surface area contributed by atoms with Crippen molar-refractivity contribution in [3.05, 3.63) is 59.4 Å². The summed E-state index contributed by atoms with van der Waals surface area (Å²) in [6, 6.07) is 10.3. The maximum Gasteiger partial charge on any atom is 0.271 e. The Kier molecular flexibility index (Phi) is 4.50. The van der Waals surface area contributed by atoms with Crippen LogP contribution >= 0.6 is 0 Å². The molecule has 2 aromatic rings. The number of halogens is 1. The van der Waals surface area contributed by atoms with Crippen LogP contribution in [0.4, 0.5) is 4.39 Å². The van der Waals surface area contributed by atoms with E-state index >= 15 is 0 Å². The number of phenols is 1. The van der Waals surface area contributed by atoms with E-state index in [0.717, 1.165) is 6.07 Å². The largest absolute Gasteiger partial charge is 0.505 e. The van der Waals surface area contributed by atoms with Gasteiger partial charge in [0.05, 0.1) is 13.3 Å². The first-order valence-corrected chi connectivity index (χ1v) is 6.06. The van der Waals surface area contributed by atoms with Crippen LogP contribution in [0.2, 0.25) is 0 Å². The van der Waals surface area contributed by atoms with Gasteiger partial charge in [-0.1, -0.05) is 0 Å². The fourth-order valence-corrected chi connectivity index (χ4v) is 1.58. The zero-order valence-corrected chi connectivity index (χ0v) is 11.2. The molecule has 2 aromatic carbocycles. The minimum absolute atomic E-state index is 0.395. The number of methoxy groups -OCH3 is 1. The van der Waals surface area contributed by atoms with E-state index in [9.17, 15) is 9.18 Å². The third kappa shape index (κ3) is 3.79. The van der Waals surface area contributed by atoms with Crippen molar-refractivity contribution in [2.45, 2.75) is 0 Å². The fraction of sp³-hybridized carbons (Fsp3) is 0.0667. The molecule has 2 N–H and O–H groups in total. The lowest BCUT2D eigenvalue weighted by Crippen LogP contribution is -2.17. The molecule has 0 saturated heterocycles. The molecule has 0 atom stereocenters. The normalized spacial score (nSPS) is 10.6. The van der Waals surface area contributed by atoms with Crippen molar-refractivity contribution in [3.8, 4) is 11.5 Å². The Labute approximate surface area is 120 Å². The van der Waals surface area contributed by atoms with Gasteiger partial charge in [0, 0.05) is 5.56 Å². The topological polar surface area (TPSA) is 70.9 Å². The van der Waals surface area contributed by atoms with E-state index < -0.39 is 17.5 Å². The van der Waals surface area contributed by atoms with Gasteiger partial charge >= 0.3 is 0 Å². The minimum atomic E-state index is -0.750. The molecule has 21 heavy (non-hydrogen) atoms. The van der Waals surface area contributed by atoms with Crippen LogP contribution in [0.3, 0.4) is 0 Å². The monoisotopic (exact) mass is 288 g/mol. The van der Waals surface area contributed by atoms with Crippen molar-refractivity contribution >= 4 is 12.1 Å². The lowest BCUT2D eigenvalue weighted by atomic mass is 10.2. The van der Waals surface area contributed by atoms with Crippen LogP contribution < -0.4 is 10.2 Å². The van der Waals surface area contributed by atoms with Crippen LogP contribution in [-0.4, -0.2) is 24.3 Å². The molecule has 6 heteroatoms. The molecule has 0 fully saturated rings. The number of aromatic hydroxyl groups is 1. The van der Waals surface area contributed by atoms with Crippen LogP contribution in [0, 0.1) is 5.82 Å². The molecule has 0 spiro atoms. The van der Waals surface area contributed by atoms with Crippen molar-refractivity contribution in [2.24, 2.45) is 5.10 Å². The molecule has 0 heterocycles. The number of hydrogen-bond acceptors (Lipinski definition) is 4. The minimum Gasteiger partial charge on any atom is -0.505 e. The van der Waals surface area contributed by atoms with Crippen LogP contribution in [0.5, 0.6) is 11.5 Å². The zero-order chi connectivity index (χ0) is 15.2. The summed E-state index contributed by atoms with van der Waals surface area (Å²) in [5.41, 5.74) is 3.16. The number of ether oxygens (including phenoxy) is 1. The first-order valence-electron chi connectivity index (χ1n) is 6.06. The average molecular weight is 288 g/mol. The van der Waals surface area contributed by atoms with Gasteiger partial charge in [-0.3, -0.25) is 4.79 Å². The summed E-state index contributed by atoms with van der Waals surface area (Å²) in [4.78, 5) is 11.8. The summed E-state index contributed by atoms with van der Waals surface area (Å²) in [6.07, 6.45) is 1.28. The quantitative estimate of drug-likeness (QED) is 0.670. The van der Waals surface area contributed by atoms with E-state index in [1.54, 1.807) is 24.3 Å². The highest BCUT2D eigenvalue weighted by molar-refractivity contribution is 5.95. The third-order valence-corrected chi connectivity index (χ3v) is 2.70. The number of nitrogens with zero attached hydrogens (tertiary/aromatic N) is 1. The molecular weight excluding hydrogens is 275 g/mol. The van der Waals surface area contributed by atoms with Gasteiger partial charge in [-0.25, -0.2) is 9.82 Å². The smallest absolute Gasteiger partial charge is 0.271 e. The Balaban J connectivity index is 1.99. The molecule has 2 rings (SSSR count). The van der Waals surface area contributed by atoms with Crippen molar-refractivity contribution in [1.29, 1.82) is 0 Å². The summed E-state index contributed by atoms with van der Waals surface area (Å²) < 4.78 is 18.1. The standard InChI is InChI=1S/C15H13FN2O3/c1-21-12-5-3-11(4-6-12)15(20)18-17-9-10-2-7-14(19)13(16)8-10/h2-9,19H,1H3,(H,18,20)/b17-9+. The Morgan fingerprint density at radius 3 is 2.62 bits per heavy atom. The van der Waals surface area contributed by atoms with E-state index in [4.69, 9.17) is 9.84 Å². The van der Waals surface area contributed by atoms with Gasteiger partial charge in [0.25, 0.3) is 5.91 Å². The summed E-state index contributed by atoms with van der Waals surface area (Å²) in [6.45, 7) is 0. The van der Waals surface area contributed by atoms with Gasteiger partial charge in [0.1, 0.15) is 5.75 Å². The fourth-order valence-electron chi connectivity index (χ4n) is 1.58. The summed E-state index contributed by atoms with van der Waals surface area (Å²) >= 11 is 0. The molecule has 0 saturated carbocycles. The Morgan fingerprint density at radius 2 is 2.00 bits per heavy atom. The van der Waals surface area contributed by atoms with Crippen LogP contribution in [0.25, 0.3) is 0 Å². The molecule has 0 radical (unpaired) electrons. The summed E-state index contributed by atoms with van der Waals surface area (Å²) in [7, 11) is 1.54. The second kappa shape index (κ2) is 6.51. The lowest BCUT2D eigenvalue weighted by molar-refractivity contribution is 0.0955. The number of nitrogens with one attached hydrogen (secondary N) is 1. The Hall–Kier alpha value is -2.89. The number of amides is 1. The molecule has 5 nitrogen and oxygen atoms in total. The highest BCUT2D eigenvalue weighted by Crippen LogP contribution is 2.15. The molecule has 0 aliphatic heterocycles. The molecule has 1 amide bonds. The molecule has 108 valence electrons. The molecule has 0 bridgehead atoms. The SMILES string of the molecule is COc1ccc(C(=O)N/N=C/c2ccc(O)c(F)c2)cc1. The van der Waals surface area contributed by atoms with E-state index in [-0.39, 0.29) is 0 Å². The molecule has 0 aromatic heterocycles. The number of carbonyl (C=O) groups excluding carboxylic acids is 1. The highest BCUT2D eigenvalue weighted by Gasteiger charge is 2.04. The third-order valence-electron chi connectivity index (χ3n) is 2.70. The second-order valence-corrected chi connectivity index (χ2v) is 4.14. The second-order valence-electron chi connectivity index (χ2n) is 4.14. The maximum atomic E-state index is 13.1. The van der Waals surface area contributed by atoms with E-state index in [2.05, 4.69) is 10.5 Å². The number of benzene rings is 2. The number of carbonyl (C=O) groups is 1. The van der Waals surface area contributed by atoms with Crippen LogP contribution in [0.15, 0.2) is 47.6 Å². The van der Waals surface area contributed by atoms with E-state index in [1.807, 2.05) is 0 Å². The molecule has 0 aliphatic rings. The summed E-state index contributed by atoms with van der Waals surface area (Å²) in [5.74, 6) is -0.933. The van der Waals surface area contributed by atoms with Gasteiger partial charge in [-0.05, 0) is 48.0 Å². The molecule has 0 unspecified atom stereocenters. The number of hydrazone groups is 1. The van der Waals surface area contributed by atoms with Crippen molar-refractivity contribution in [2.75, 3.05) is 7.11 Å². The highest BCUT2D eigenvalue weighted by atomic mass is 19.1. The van der Waals surface area contributed by atoms with Crippen molar-refractivity contribution < 1.29 is 19.0 Å². The van der Waals surface area contributed by atoms with E-state index in [1.165, 1.54) is 25.5 Å². The Morgan fingerprint density at radius 1 is 1.29 bits per heavy atom. The van der Waals surface area contributed by atoms with Gasteiger partial charge < -0.3 is 9.84 Å². The van der Waals surface area contributed by atoms with E-state index in [0.29, 0.717) is 16.9 Å². The maximum absolute atomic E-state index is 13.1. The van der Waals surface area contributed by atoms with Crippen LogP contribution in [0.1, 0.15) is 15.9 Å². The molecule has 0 aliphatic carbocycles. The zero-order valence-electron chi connectivity index (χ0n) is 11.2. The predicted octanol–water partition coefficient (Wildman–Crippen LogP) is 2.30. The average Bonchev–Trinajstić information content (AvgIpc) is 2.51. The van der Waals surface area contributed by atoms with Gasteiger partial charge in [-0.2, -0.15) is 5.10 Å². The first kappa shape index (κ1) is 14.5. The van der Waals surface area contributed by atoms with Gasteiger partial charge in [-0.15, -0.1) is 0 Å². The number of phenolic OH excluding ortho intramolecular Hbond substituents is 1. The first-order chi connectivity index (χ1) is 10.1. The summed E-state index contributed by atoms with van der Waals surface area (Å²) in [5, 5.41) is 12.8. The predicted molar refractivity (Wildman–Crippen MR) is 76.1 cm³/mol. The van der Waals surface area contributed by atoms with Gasteiger partial charge in [0.15, 0.2) is 11.6 Å². The number of rotatable bonds is 4. The van der Waals surface area contributed by atoms with Gasteiger partial charge in [0.2, 0.25) is 0 Å². The lowest BCUT2D eigenvalue weighted by Gasteiger charge is -2.02. The molecular formula is C15H13FN2O3. The number of hydrogen-bond donors (Lipinski definition) is 2. The Bertz CT molecular complexity index is 669.